The van der Waals surface area contributed by atoms with E-state index in [-0.39, 0.29) is 17.0 Å². The molecule has 0 aliphatic rings. The zero-order chi connectivity index (χ0) is 27.2. The van der Waals surface area contributed by atoms with E-state index in [0.29, 0.717) is 22.9 Å². The first kappa shape index (κ1) is 25.2. The molecular formula is C27H21F4N5O2. The number of nitrogens with zero attached hydrogens (tertiary/aromatic N) is 3. The Kier molecular flexibility index (Phi) is 6.03. The first-order valence-electron chi connectivity index (χ1n) is 11.5. The van der Waals surface area contributed by atoms with E-state index >= 15 is 4.39 Å². The second-order valence-electron chi connectivity index (χ2n) is 9.16. The van der Waals surface area contributed by atoms with Crippen LogP contribution in [0, 0.1) is 5.82 Å². The van der Waals surface area contributed by atoms with E-state index in [1.54, 1.807) is 54.8 Å². The summed E-state index contributed by atoms with van der Waals surface area (Å²) in [6.07, 6.45) is -0.417. The van der Waals surface area contributed by atoms with Crippen LogP contribution in [0.3, 0.4) is 0 Å². The van der Waals surface area contributed by atoms with Gasteiger partial charge in [-0.2, -0.15) is 18.3 Å². The number of fused-ring (bicyclic) bond motifs is 1. The number of pyridine rings is 1. The van der Waals surface area contributed by atoms with Gasteiger partial charge < -0.3 is 10.4 Å². The number of aromatic amines is 1. The van der Waals surface area contributed by atoms with E-state index < -0.39 is 40.2 Å². The van der Waals surface area contributed by atoms with Crippen molar-refractivity contribution in [2.75, 3.05) is 5.32 Å². The fourth-order valence-electron chi connectivity index (χ4n) is 4.27. The molecule has 194 valence electrons. The number of rotatable bonds is 5. The number of aliphatic hydroxyl groups is 1. The number of nitrogens with one attached hydrogen (secondary N) is 2. The number of hydrogen-bond acceptors (Lipinski definition) is 4. The van der Waals surface area contributed by atoms with E-state index in [2.05, 4.69) is 20.5 Å². The SMILES string of the molecule is CC(C)(O)c1cnc2c(NC(=O)c3cc(-c4cc[nH]n4)c(C(F)(F)F)cc3F)c(-c3ccccc3)ccn12. The maximum Gasteiger partial charge on any atom is 0.417 e. The first-order chi connectivity index (χ1) is 17.9. The molecule has 38 heavy (non-hydrogen) atoms. The molecule has 0 saturated heterocycles. The van der Waals surface area contributed by atoms with Gasteiger partial charge in [-0.25, -0.2) is 9.37 Å². The number of amides is 1. The Bertz CT molecular complexity index is 1640. The van der Waals surface area contributed by atoms with E-state index in [4.69, 9.17) is 0 Å². The highest BCUT2D eigenvalue weighted by Crippen LogP contribution is 2.39. The second kappa shape index (κ2) is 9.10. The van der Waals surface area contributed by atoms with E-state index in [1.165, 1.54) is 18.5 Å². The quantitative estimate of drug-likeness (QED) is 0.245. The molecule has 0 fully saturated rings. The summed E-state index contributed by atoms with van der Waals surface area (Å²) in [5, 5.41) is 19.4. The number of anilines is 1. The van der Waals surface area contributed by atoms with Crippen molar-refractivity contribution in [2.45, 2.75) is 25.6 Å². The van der Waals surface area contributed by atoms with Gasteiger partial charge in [0.05, 0.1) is 34.4 Å². The molecule has 0 aliphatic carbocycles. The van der Waals surface area contributed by atoms with Crippen LogP contribution in [0.2, 0.25) is 0 Å². The number of halogens is 4. The summed E-state index contributed by atoms with van der Waals surface area (Å²) >= 11 is 0. The number of carbonyl (C=O) groups excluding carboxylic acids is 1. The summed E-state index contributed by atoms with van der Waals surface area (Å²) in [6, 6.07) is 13.1. The van der Waals surface area contributed by atoms with Crippen LogP contribution in [0.4, 0.5) is 23.2 Å². The summed E-state index contributed by atoms with van der Waals surface area (Å²) in [7, 11) is 0. The van der Waals surface area contributed by atoms with Crippen molar-refractivity contribution in [3.05, 3.63) is 95.8 Å². The van der Waals surface area contributed by atoms with Crippen molar-refractivity contribution in [3.8, 4) is 22.4 Å². The number of hydrogen-bond donors (Lipinski definition) is 3. The van der Waals surface area contributed by atoms with Gasteiger partial charge in [0.2, 0.25) is 0 Å². The van der Waals surface area contributed by atoms with Crippen LogP contribution in [0.1, 0.15) is 35.5 Å². The lowest BCUT2D eigenvalue weighted by Gasteiger charge is -2.19. The van der Waals surface area contributed by atoms with Gasteiger partial charge in [0.25, 0.3) is 5.91 Å². The van der Waals surface area contributed by atoms with Crippen LogP contribution in [0.15, 0.2) is 73.2 Å². The minimum atomic E-state index is -4.88. The van der Waals surface area contributed by atoms with Gasteiger partial charge in [-0.15, -0.1) is 0 Å². The summed E-state index contributed by atoms with van der Waals surface area (Å²) in [4.78, 5) is 17.8. The van der Waals surface area contributed by atoms with Crippen LogP contribution in [-0.2, 0) is 11.8 Å². The summed E-state index contributed by atoms with van der Waals surface area (Å²) < 4.78 is 57.6. The smallest absolute Gasteiger partial charge is 0.384 e. The molecule has 3 N–H and O–H groups in total. The van der Waals surface area contributed by atoms with Gasteiger partial charge in [0.15, 0.2) is 5.65 Å². The largest absolute Gasteiger partial charge is 0.417 e. The van der Waals surface area contributed by atoms with Gasteiger partial charge in [-0.05, 0) is 43.7 Å². The normalized spacial score (nSPS) is 12.2. The molecule has 0 radical (unpaired) electrons. The van der Waals surface area contributed by atoms with Gasteiger partial charge in [-0.1, -0.05) is 30.3 Å². The molecule has 3 aromatic heterocycles. The van der Waals surface area contributed by atoms with Gasteiger partial charge >= 0.3 is 6.18 Å². The molecule has 0 bridgehead atoms. The molecule has 0 atom stereocenters. The topological polar surface area (TPSA) is 95.3 Å². The van der Waals surface area contributed by atoms with Gasteiger partial charge in [0, 0.05) is 23.5 Å². The van der Waals surface area contributed by atoms with Crippen molar-refractivity contribution in [1.29, 1.82) is 0 Å². The lowest BCUT2D eigenvalue weighted by Crippen LogP contribution is -2.19. The van der Waals surface area contributed by atoms with Crippen LogP contribution >= 0.6 is 0 Å². The van der Waals surface area contributed by atoms with Gasteiger partial charge in [-0.3, -0.25) is 14.3 Å². The Morgan fingerprint density at radius 2 is 1.79 bits per heavy atom. The molecule has 5 rings (SSSR count). The molecule has 1 amide bonds. The number of imidazole rings is 1. The van der Waals surface area contributed by atoms with Crippen molar-refractivity contribution < 1.29 is 27.5 Å². The Balaban J connectivity index is 1.66. The van der Waals surface area contributed by atoms with Crippen molar-refractivity contribution in [2.24, 2.45) is 0 Å². The van der Waals surface area contributed by atoms with E-state index in [9.17, 15) is 23.1 Å². The Morgan fingerprint density at radius 1 is 1.05 bits per heavy atom. The average Bonchev–Trinajstić information content (AvgIpc) is 3.54. The second-order valence-corrected chi connectivity index (χ2v) is 9.16. The van der Waals surface area contributed by atoms with E-state index in [1.807, 2.05) is 6.07 Å². The summed E-state index contributed by atoms with van der Waals surface area (Å²) in [5.74, 6) is -2.33. The predicted molar refractivity (Wildman–Crippen MR) is 133 cm³/mol. The highest BCUT2D eigenvalue weighted by Gasteiger charge is 2.36. The maximum atomic E-state index is 15.0. The van der Waals surface area contributed by atoms with E-state index in [0.717, 1.165) is 6.07 Å². The molecule has 7 nitrogen and oxygen atoms in total. The third-order valence-electron chi connectivity index (χ3n) is 6.06. The number of aromatic nitrogens is 4. The molecular weight excluding hydrogens is 502 g/mol. The van der Waals surface area contributed by atoms with Crippen LogP contribution in [-0.4, -0.2) is 30.6 Å². The maximum absolute atomic E-state index is 15.0. The van der Waals surface area contributed by atoms with Crippen molar-refractivity contribution >= 4 is 17.2 Å². The first-order valence-corrected chi connectivity index (χ1v) is 11.5. The standard InChI is InChI=1S/C27H21F4N5O2/c1-26(2,38)22-14-32-24-23(16(9-11-36(22)24)15-6-4-3-5-7-15)34-25(37)18-12-17(21-8-10-33-35-21)19(13-20(18)28)27(29,30)31/h3-14,38H,1-2H3,(H,33,35)(H,34,37). The fourth-order valence-corrected chi connectivity index (χ4v) is 4.27. The summed E-state index contributed by atoms with van der Waals surface area (Å²) in [5.41, 5.74) is -1.53. The lowest BCUT2D eigenvalue weighted by atomic mass is 9.99. The fraction of sp³-hybridized carbons (Fsp3) is 0.148. The molecule has 0 spiro atoms. The Morgan fingerprint density at radius 3 is 2.42 bits per heavy atom. The van der Waals surface area contributed by atoms with Crippen molar-refractivity contribution in [1.82, 2.24) is 19.6 Å². The molecule has 0 saturated carbocycles. The lowest BCUT2D eigenvalue weighted by molar-refractivity contribution is -0.137. The average molecular weight is 523 g/mol. The van der Waals surface area contributed by atoms with Crippen molar-refractivity contribution in [3.63, 3.8) is 0 Å². The third kappa shape index (κ3) is 4.52. The number of alkyl halides is 3. The highest BCUT2D eigenvalue weighted by atomic mass is 19.4. The van der Waals surface area contributed by atoms with Crippen LogP contribution in [0.5, 0.6) is 0 Å². The zero-order valence-electron chi connectivity index (χ0n) is 20.1. The Hall–Kier alpha value is -4.51. The number of benzene rings is 2. The predicted octanol–water partition coefficient (Wildman–Crippen LogP) is 6.03. The highest BCUT2D eigenvalue weighted by molar-refractivity contribution is 6.09. The third-order valence-corrected chi connectivity index (χ3v) is 6.06. The van der Waals surface area contributed by atoms with Gasteiger partial charge in [0.1, 0.15) is 11.4 Å². The minimum absolute atomic E-state index is 0.0958. The molecule has 2 aromatic carbocycles. The Labute approximate surface area is 213 Å². The number of carbonyl (C=O) groups is 1. The molecule has 0 aliphatic heterocycles. The molecule has 11 heteroatoms. The minimum Gasteiger partial charge on any atom is -0.384 e. The summed E-state index contributed by atoms with van der Waals surface area (Å²) in [6.45, 7) is 3.15. The molecule has 5 aromatic rings. The zero-order valence-corrected chi connectivity index (χ0v) is 20.1. The number of H-pyrrole nitrogens is 1. The van der Waals surface area contributed by atoms with Crippen LogP contribution < -0.4 is 5.32 Å². The molecule has 3 heterocycles. The van der Waals surface area contributed by atoms with Crippen LogP contribution in [0.25, 0.3) is 28.0 Å². The monoisotopic (exact) mass is 523 g/mol. The molecule has 0 unspecified atom stereocenters.